The molecular weight excluding hydrogens is 431 g/mol. The van der Waals surface area contributed by atoms with Crippen LogP contribution in [0.25, 0.3) is 0 Å². The second kappa shape index (κ2) is 7.86. The number of carboxylic acids is 1. The van der Waals surface area contributed by atoms with Crippen molar-refractivity contribution in [3.8, 4) is 0 Å². The van der Waals surface area contributed by atoms with Crippen molar-refractivity contribution in [1.29, 1.82) is 0 Å². The number of fused-ring (bicyclic) bond motifs is 5. The summed E-state index contributed by atoms with van der Waals surface area (Å²) in [6.45, 7) is 4.29. The molecule has 4 aliphatic carbocycles. The molecule has 0 unspecified atom stereocenters. The van der Waals surface area contributed by atoms with Crippen LogP contribution in [-0.2, 0) is 23.9 Å². The highest BCUT2D eigenvalue weighted by atomic mass is 19.1. The van der Waals surface area contributed by atoms with Crippen molar-refractivity contribution in [2.24, 2.45) is 34.5 Å². The van der Waals surface area contributed by atoms with E-state index in [2.05, 4.69) is 0 Å². The number of carbonyl (C=O) groups excluding carboxylic acids is 3. The summed E-state index contributed by atoms with van der Waals surface area (Å²) in [5.74, 6) is -4.46. The van der Waals surface area contributed by atoms with Gasteiger partial charge in [0.25, 0.3) is 0 Å². The molecule has 0 aromatic carbocycles. The normalized spacial score (nSPS) is 43.7. The van der Waals surface area contributed by atoms with Crippen LogP contribution in [0.4, 0.5) is 4.39 Å². The highest BCUT2D eigenvalue weighted by molar-refractivity contribution is 6.01. The van der Waals surface area contributed by atoms with Gasteiger partial charge in [-0.15, -0.1) is 0 Å². The van der Waals surface area contributed by atoms with Crippen LogP contribution < -0.4 is 0 Å². The lowest BCUT2D eigenvalue weighted by molar-refractivity contribution is -0.196. The van der Waals surface area contributed by atoms with Crippen LogP contribution in [0.5, 0.6) is 0 Å². The average Bonchev–Trinajstić information content (AvgIpc) is 2.98. The molecule has 0 aromatic heterocycles. The molecule has 8 heteroatoms. The zero-order valence-corrected chi connectivity index (χ0v) is 19.2. The molecule has 4 aliphatic rings. The first-order chi connectivity index (χ1) is 15.3. The molecule has 0 spiro atoms. The summed E-state index contributed by atoms with van der Waals surface area (Å²) in [5, 5.41) is 20.8. The Hall–Kier alpha value is -2.35. The Labute approximate surface area is 192 Å². The van der Waals surface area contributed by atoms with Gasteiger partial charge in [-0.25, -0.2) is 4.39 Å². The molecule has 2 N–H and O–H groups in total. The van der Waals surface area contributed by atoms with Crippen molar-refractivity contribution in [2.45, 2.75) is 64.6 Å². The Bertz CT molecular complexity index is 970. The number of hydrogen-bond acceptors (Lipinski definition) is 6. The standard InChI is InChI=1S/C25H31FO7/c1-13(27)33-12-19(29)22-14(9-21(31)32)8-18-17-5-4-15-10-16(28)6-7-24(15,3)25(17,26)20(30)11-23(18,22)2/h6-7,10,14,17-18,20,22,30H,4-5,8-9,11-12H2,1-3H3,(H,31,32)/t14-,17-,18-,20-,22+,23-,24-,25-/m0/s1. The summed E-state index contributed by atoms with van der Waals surface area (Å²) in [4.78, 5) is 48.0. The van der Waals surface area contributed by atoms with Gasteiger partial charge < -0.3 is 14.9 Å². The molecule has 0 aromatic rings. The zero-order valence-electron chi connectivity index (χ0n) is 19.2. The van der Waals surface area contributed by atoms with Gasteiger partial charge in [-0.05, 0) is 62.0 Å². The van der Waals surface area contributed by atoms with Gasteiger partial charge in [0, 0.05) is 30.6 Å². The fourth-order valence-corrected chi connectivity index (χ4v) is 7.71. The fraction of sp³-hybridized carbons (Fsp3) is 0.680. The van der Waals surface area contributed by atoms with Gasteiger partial charge in [0.2, 0.25) is 0 Å². The zero-order chi connectivity index (χ0) is 24.3. The van der Waals surface area contributed by atoms with E-state index in [1.807, 2.05) is 6.92 Å². The van der Waals surface area contributed by atoms with Gasteiger partial charge in [0.1, 0.15) is 6.61 Å². The van der Waals surface area contributed by atoms with Crippen LogP contribution in [-0.4, -0.2) is 52.1 Å². The number of carbonyl (C=O) groups is 4. The molecule has 4 rings (SSSR count). The highest BCUT2D eigenvalue weighted by Crippen LogP contribution is 2.70. The number of aliphatic carboxylic acids is 1. The van der Waals surface area contributed by atoms with Crippen LogP contribution in [0.1, 0.15) is 52.9 Å². The van der Waals surface area contributed by atoms with E-state index in [-0.39, 0.29) is 30.3 Å². The number of alkyl halides is 1. The Morgan fingerprint density at radius 3 is 2.58 bits per heavy atom. The number of hydrogen-bond donors (Lipinski definition) is 2. The van der Waals surface area contributed by atoms with E-state index in [0.717, 1.165) is 0 Å². The van der Waals surface area contributed by atoms with E-state index < -0.39 is 58.9 Å². The Kier molecular flexibility index (Phi) is 5.67. The van der Waals surface area contributed by atoms with Crippen molar-refractivity contribution < 1.29 is 38.5 Å². The van der Waals surface area contributed by atoms with Crippen LogP contribution in [0, 0.1) is 34.5 Å². The molecule has 8 atom stereocenters. The van der Waals surface area contributed by atoms with E-state index in [4.69, 9.17) is 4.74 Å². The quantitative estimate of drug-likeness (QED) is 0.603. The van der Waals surface area contributed by atoms with E-state index in [1.165, 1.54) is 19.1 Å². The molecule has 0 aliphatic heterocycles. The average molecular weight is 463 g/mol. The van der Waals surface area contributed by atoms with Crippen LogP contribution in [0.15, 0.2) is 23.8 Å². The van der Waals surface area contributed by atoms with Gasteiger partial charge in [-0.3, -0.25) is 19.2 Å². The van der Waals surface area contributed by atoms with Gasteiger partial charge in [-0.2, -0.15) is 0 Å². The van der Waals surface area contributed by atoms with E-state index >= 15 is 4.39 Å². The highest BCUT2D eigenvalue weighted by Gasteiger charge is 2.72. The first-order valence-corrected chi connectivity index (χ1v) is 11.5. The summed E-state index contributed by atoms with van der Waals surface area (Å²) >= 11 is 0. The minimum atomic E-state index is -2.04. The number of ketones is 2. The van der Waals surface area contributed by atoms with Gasteiger partial charge in [-0.1, -0.05) is 18.6 Å². The third-order valence-electron chi connectivity index (χ3n) is 9.02. The lowest BCUT2D eigenvalue weighted by atomic mass is 9.45. The monoisotopic (exact) mass is 462 g/mol. The Balaban J connectivity index is 1.75. The Morgan fingerprint density at radius 2 is 1.94 bits per heavy atom. The van der Waals surface area contributed by atoms with Gasteiger partial charge >= 0.3 is 11.9 Å². The number of Topliss-reactive ketones (excluding diaryl/α,β-unsaturated/α-hetero) is 1. The van der Waals surface area contributed by atoms with Crippen LogP contribution >= 0.6 is 0 Å². The topological polar surface area (TPSA) is 118 Å². The molecule has 0 saturated heterocycles. The molecular formula is C25H31FO7. The number of allylic oxidation sites excluding steroid dienone is 4. The largest absolute Gasteiger partial charge is 0.481 e. The lowest BCUT2D eigenvalue weighted by Gasteiger charge is -2.61. The number of carboxylic acid groups (broad SMARTS) is 1. The van der Waals surface area contributed by atoms with Crippen LogP contribution in [0.2, 0.25) is 0 Å². The third kappa shape index (κ3) is 3.40. The molecule has 0 bridgehead atoms. The molecule has 7 nitrogen and oxygen atoms in total. The molecule has 0 heterocycles. The summed E-state index contributed by atoms with van der Waals surface area (Å²) in [6.07, 6.45) is 3.97. The second-order valence-electron chi connectivity index (χ2n) is 10.7. The summed E-state index contributed by atoms with van der Waals surface area (Å²) in [5.41, 5.74) is -3.35. The van der Waals surface area contributed by atoms with E-state index in [0.29, 0.717) is 24.8 Å². The third-order valence-corrected chi connectivity index (χ3v) is 9.02. The summed E-state index contributed by atoms with van der Waals surface area (Å²) < 4.78 is 22.0. The van der Waals surface area contributed by atoms with Gasteiger partial charge in [0.05, 0.1) is 6.10 Å². The summed E-state index contributed by atoms with van der Waals surface area (Å²) in [6, 6.07) is 0. The second-order valence-corrected chi connectivity index (χ2v) is 10.7. The Morgan fingerprint density at radius 1 is 1.24 bits per heavy atom. The first-order valence-electron chi connectivity index (χ1n) is 11.5. The fourth-order valence-electron chi connectivity index (χ4n) is 7.71. The molecule has 180 valence electrons. The van der Waals surface area contributed by atoms with E-state index in [1.54, 1.807) is 13.0 Å². The molecule has 0 amide bonds. The van der Waals surface area contributed by atoms with Crippen molar-refractivity contribution in [1.82, 2.24) is 0 Å². The maximum absolute atomic E-state index is 17.1. The number of rotatable bonds is 5. The molecule has 3 fully saturated rings. The van der Waals surface area contributed by atoms with Crippen molar-refractivity contribution in [2.75, 3.05) is 6.61 Å². The van der Waals surface area contributed by atoms with Crippen molar-refractivity contribution >= 4 is 23.5 Å². The van der Waals surface area contributed by atoms with Crippen molar-refractivity contribution in [3.63, 3.8) is 0 Å². The predicted octanol–water partition coefficient (Wildman–Crippen LogP) is 2.81. The first kappa shape index (κ1) is 23.8. The van der Waals surface area contributed by atoms with Crippen molar-refractivity contribution in [3.05, 3.63) is 23.8 Å². The summed E-state index contributed by atoms with van der Waals surface area (Å²) in [7, 11) is 0. The SMILES string of the molecule is CC(=O)OCC(=O)[C@H]1[C@H](CC(=O)O)C[C@H]2[C@@H]3CCC4=CC(=O)C=C[C@]4(C)[C@@]3(F)[C@@H](O)C[C@@]21C. The van der Waals surface area contributed by atoms with Gasteiger partial charge in [0.15, 0.2) is 17.2 Å². The lowest BCUT2D eigenvalue weighted by Crippen LogP contribution is -2.66. The number of halogens is 1. The smallest absolute Gasteiger partial charge is 0.303 e. The minimum Gasteiger partial charge on any atom is -0.481 e. The molecule has 3 saturated carbocycles. The molecule has 33 heavy (non-hydrogen) atoms. The maximum Gasteiger partial charge on any atom is 0.303 e. The number of ether oxygens (including phenoxy) is 1. The maximum atomic E-state index is 17.1. The number of aliphatic hydroxyl groups is 1. The van der Waals surface area contributed by atoms with Crippen LogP contribution in [0.3, 0.4) is 0 Å². The molecule has 0 radical (unpaired) electrons. The predicted molar refractivity (Wildman–Crippen MR) is 115 cm³/mol. The van der Waals surface area contributed by atoms with E-state index in [9.17, 15) is 29.4 Å². The number of esters is 1. The minimum absolute atomic E-state index is 0.0120. The number of aliphatic hydroxyl groups excluding tert-OH is 1.